The third-order valence-corrected chi connectivity index (χ3v) is 6.12. The molecule has 1 N–H and O–H groups in total. The van der Waals surface area contributed by atoms with Crippen molar-refractivity contribution in [2.45, 2.75) is 25.9 Å². The van der Waals surface area contributed by atoms with Gasteiger partial charge in [-0.25, -0.2) is 4.98 Å². The lowest BCUT2D eigenvalue weighted by Crippen LogP contribution is -2.31. The summed E-state index contributed by atoms with van der Waals surface area (Å²) in [4.78, 5) is 31.8. The Bertz CT molecular complexity index is 1260. The highest BCUT2D eigenvalue weighted by atomic mass is 35.5. The van der Waals surface area contributed by atoms with Crippen LogP contribution in [0.5, 0.6) is 11.5 Å². The van der Waals surface area contributed by atoms with Crippen LogP contribution >= 0.6 is 11.6 Å². The van der Waals surface area contributed by atoms with Gasteiger partial charge in [-0.15, -0.1) is 0 Å². The molecule has 182 valence electrons. The number of aliphatic hydroxyl groups excluding tert-OH is 1. The van der Waals surface area contributed by atoms with Crippen molar-refractivity contribution >= 4 is 29.1 Å². The Balaban J connectivity index is 1.75. The largest absolute Gasteiger partial charge is 0.507 e. The Morgan fingerprint density at radius 2 is 2.00 bits per heavy atom. The van der Waals surface area contributed by atoms with Crippen molar-refractivity contribution in [2.75, 3.05) is 20.3 Å². The van der Waals surface area contributed by atoms with Crippen LogP contribution in [0, 0.1) is 0 Å². The summed E-state index contributed by atoms with van der Waals surface area (Å²) in [5.74, 6) is -0.658. The van der Waals surface area contributed by atoms with Gasteiger partial charge >= 0.3 is 0 Å². The maximum absolute atomic E-state index is 13.2. The molecule has 1 aliphatic heterocycles. The van der Waals surface area contributed by atoms with E-state index in [1.54, 1.807) is 56.0 Å². The molecule has 1 amide bonds. The molecule has 0 bridgehead atoms. The third kappa shape index (κ3) is 5.02. The summed E-state index contributed by atoms with van der Waals surface area (Å²) in [6.45, 7) is 3.21. The zero-order valence-electron chi connectivity index (χ0n) is 19.5. The smallest absolute Gasteiger partial charge is 0.295 e. The average Bonchev–Trinajstić information content (AvgIpc) is 3.47. The molecular weight excluding hydrogens is 470 g/mol. The van der Waals surface area contributed by atoms with E-state index in [4.69, 9.17) is 21.1 Å². The lowest BCUT2D eigenvalue weighted by atomic mass is 9.95. The van der Waals surface area contributed by atoms with Gasteiger partial charge < -0.3 is 24.0 Å². The Labute approximate surface area is 208 Å². The predicted molar refractivity (Wildman–Crippen MR) is 131 cm³/mol. The molecule has 1 aliphatic rings. The zero-order chi connectivity index (χ0) is 24.9. The molecule has 4 rings (SSSR count). The minimum absolute atomic E-state index is 0.00566. The molecule has 35 heavy (non-hydrogen) atoms. The number of ether oxygens (including phenoxy) is 2. The fourth-order valence-corrected chi connectivity index (χ4v) is 4.42. The number of hydrogen-bond donors (Lipinski definition) is 1. The van der Waals surface area contributed by atoms with E-state index in [-0.39, 0.29) is 11.3 Å². The fraction of sp³-hybridized carbons (Fsp3) is 0.269. The van der Waals surface area contributed by atoms with E-state index in [0.29, 0.717) is 53.8 Å². The first-order valence-corrected chi connectivity index (χ1v) is 11.6. The van der Waals surface area contributed by atoms with Gasteiger partial charge in [0, 0.05) is 31.0 Å². The fourth-order valence-electron chi connectivity index (χ4n) is 4.19. The summed E-state index contributed by atoms with van der Waals surface area (Å²) in [7, 11) is 1.54. The van der Waals surface area contributed by atoms with Gasteiger partial charge in [-0.1, -0.05) is 23.7 Å². The van der Waals surface area contributed by atoms with Gasteiger partial charge in [0.05, 0.1) is 36.7 Å². The molecule has 1 aromatic heterocycles. The number of benzene rings is 2. The monoisotopic (exact) mass is 495 g/mol. The van der Waals surface area contributed by atoms with E-state index in [2.05, 4.69) is 4.98 Å². The highest BCUT2D eigenvalue weighted by molar-refractivity contribution is 6.46. The van der Waals surface area contributed by atoms with Crippen molar-refractivity contribution in [2.24, 2.45) is 0 Å². The van der Waals surface area contributed by atoms with Crippen LogP contribution in [0.1, 0.15) is 30.5 Å². The van der Waals surface area contributed by atoms with Crippen molar-refractivity contribution < 1.29 is 24.2 Å². The normalized spacial score (nSPS) is 17.1. The van der Waals surface area contributed by atoms with Gasteiger partial charge in [0.15, 0.2) is 0 Å². The van der Waals surface area contributed by atoms with E-state index in [9.17, 15) is 14.7 Å². The summed E-state index contributed by atoms with van der Waals surface area (Å²) >= 11 is 6.32. The zero-order valence-corrected chi connectivity index (χ0v) is 20.2. The molecule has 1 fully saturated rings. The number of Topliss-reactive ketones (excluding diaryl/α,β-unsaturated/α-hetero) is 1. The van der Waals surface area contributed by atoms with E-state index < -0.39 is 17.7 Å². The average molecular weight is 496 g/mol. The highest BCUT2D eigenvalue weighted by Crippen LogP contribution is 2.41. The predicted octanol–water partition coefficient (Wildman–Crippen LogP) is 4.46. The maximum atomic E-state index is 13.2. The Morgan fingerprint density at radius 3 is 2.69 bits per heavy atom. The molecule has 0 aliphatic carbocycles. The maximum Gasteiger partial charge on any atom is 0.295 e. The van der Waals surface area contributed by atoms with Crippen LogP contribution in [0.25, 0.3) is 5.76 Å². The second-order valence-electron chi connectivity index (χ2n) is 8.00. The quantitative estimate of drug-likeness (QED) is 0.268. The van der Waals surface area contributed by atoms with Crippen LogP contribution in [0.3, 0.4) is 0 Å². The number of amides is 1. The van der Waals surface area contributed by atoms with Gasteiger partial charge in [0.25, 0.3) is 11.7 Å². The molecule has 1 saturated heterocycles. The molecule has 8 nitrogen and oxygen atoms in total. The number of ketones is 1. The second-order valence-corrected chi connectivity index (χ2v) is 8.41. The molecule has 2 aromatic carbocycles. The molecule has 0 saturated carbocycles. The van der Waals surface area contributed by atoms with Crippen LogP contribution in [0.4, 0.5) is 0 Å². The molecule has 0 radical (unpaired) electrons. The molecular formula is C26H26ClN3O5. The van der Waals surface area contributed by atoms with Gasteiger partial charge in [0.2, 0.25) is 0 Å². The van der Waals surface area contributed by atoms with E-state index in [0.717, 1.165) is 0 Å². The first-order valence-electron chi connectivity index (χ1n) is 11.3. The molecule has 9 heteroatoms. The van der Waals surface area contributed by atoms with Crippen molar-refractivity contribution in [1.29, 1.82) is 0 Å². The van der Waals surface area contributed by atoms with Gasteiger partial charge in [0.1, 0.15) is 17.3 Å². The van der Waals surface area contributed by atoms with E-state index in [1.807, 2.05) is 17.7 Å². The number of nitrogens with zero attached hydrogens (tertiary/aromatic N) is 3. The number of imidazole rings is 1. The summed E-state index contributed by atoms with van der Waals surface area (Å²) in [5.41, 5.74) is 0.985. The van der Waals surface area contributed by atoms with E-state index in [1.165, 1.54) is 11.0 Å². The number of likely N-dealkylation sites (tertiary alicyclic amines) is 1. The number of carbonyl (C=O) groups excluding carboxylic acids is 2. The third-order valence-electron chi connectivity index (χ3n) is 5.83. The number of halogens is 1. The first-order chi connectivity index (χ1) is 16.9. The number of carbonyl (C=O) groups is 2. The number of aliphatic hydroxyl groups is 1. The topological polar surface area (TPSA) is 93.9 Å². The number of aryl methyl sites for hydroxylation is 1. The van der Waals surface area contributed by atoms with Crippen molar-refractivity contribution in [3.63, 3.8) is 0 Å². The Hall–Kier alpha value is -3.78. The van der Waals surface area contributed by atoms with Crippen molar-refractivity contribution in [3.05, 3.63) is 82.9 Å². The van der Waals surface area contributed by atoms with Gasteiger partial charge in [-0.05, 0) is 49.2 Å². The van der Waals surface area contributed by atoms with Crippen LogP contribution in [0.2, 0.25) is 5.02 Å². The second kappa shape index (κ2) is 10.7. The van der Waals surface area contributed by atoms with Crippen molar-refractivity contribution in [1.82, 2.24) is 14.5 Å². The molecule has 1 unspecified atom stereocenters. The lowest BCUT2D eigenvalue weighted by Gasteiger charge is -2.25. The molecule has 1 atom stereocenters. The Kier molecular flexibility index (Phi) is 7.41. The van der Waals surface area contributed by atoms with Gasteiger partial charge in [-0.2, -0.15) is 0 Å². The number of aromatic nitrogens is 2. The van der Waals surface area contributed by atoms with Crippen LogP contribution < -0.4 is 9.47 Å². The molecule has 0 spiro atoms. The number of rotatable bonds is 9. The first kappa shape index (κ1) is 24.3. The van der Waals surface area contributed by atoms with Crippen LogP contribution in [-0.2, 0) is 16.1 Å². The molecule has 2 heterocycles. The Morgan fingerprint density at radius 1 is 1.17 bits per heavy atom. The SMILES string of the molecule is CCOc1ccc(C(O)=C2C(=O)C(=O)N(CCCn3ccnc3)C2c2cccc(OC)c2)cc1Cl. The van der Waals surface area contributed by atoms with Crippen LogP contribution in [0.15, 0.2) is 66.8 Å². The summed E-state index contributed by atoms with van der Waals surface area (Å²) in [6.07, 6.45) is 5.82. The molecule has 3 aromatic rings. The lowest BCUT2D eigenvalue weighted by molar-refractivity contribution is -0.139. The standard InChI is InChI=1S/C26H26ClN3O5/c1-3-35-21-9-8-18(15-20(21)27)24(31)22-23(17-6-4-7-19(14-17)34-2)30(26(33)25(22)32)12-5-11-29-13-10-28-16-29/h4,6-10,13-16,23,31H,3,5,11-12H2,1-2H3. The highest BCUT2D eigenvalue weighted by Gasteiger charge is 2.46. The minimum atomic E-state index is -0.779. The van der Waals surface area contributed by atoms with Crippen LogP contribution in [-0.4, -0.2) is 51.5 Å². The number of hydrogen-bond acceptors (Lipinski definition) is 6. The van der Waals surface area contributed by atoms with Gasteiger partial charge in [-0.3, -0.25) is 9.59 Å². The van der Waals surface area contributed by atoms with Crippen molar-refractivity contribution in [3.8, 4) is 11.5 Å². The number of methoxy groups -OCH3 is 1. The van der Waals surface area contributed by atoms with E-state index >= 15 is 0 Å². The summed E-state index contributed by atoms with van der Waals surface area (Å²) in [6, 6.07) is 11.1. The summed E-state index contributed by atoms with van der Waals surface area (Å²) in [5, 5.41) is 11.5. The minimum Gasteiger partial charge on any atom is -0.507 e. The summed E-state index contributed by atoms with van der Waals surface area (Å²) < 4.78 is 12.7.